The van der Waals surface area contributed by atoms with Crippen LogP contribution in [0.4, 0.5) is 5.69 Å². The molecule has 0 aliphatic rings. The van der Waals surface area contributed by atoms with Crippen molar-refractivity contribution in [2.24, 2.45) is 0 Å². The van der Waals surface area contributed by atoms with Crippen LogP contribution in [0, 0.1) is 13.8 Å². The fourth-order valence-electron chi connectivity index (χ4n) is 2.42. The van der Waals surface area contributed by atoms with Gasteiger partial charge in [0.05, 0.1) is 12.0 Å². The summed E-state index contributed by atoms with van der Waals surface area (Å²) in [5.74, 6) is -0.240. The number of nitrogens with zero attached hydrogens (tertiary/aromatic N) is 2. The van der Waals surface area contributed by atoms with Crippen molar-refractivity contribution in [2.45, 2.75) is 13.8 Å². The molecule has 1 heterocycles. The number of carbonyl (C=O) groups excluding carboxylic acids is 1. The Kier molecular flexibility index (Phi) is 4.90. The Bertz CT molecular complexity index is 918. The van der Waals surface area contributed by atoms with E-state index in [1.54, 1.807) is 18.5 Å². The molecule has 0 radical (unpaired) electrons. The molecule has 0 atom stereocenters. The maximum atomic E-state index is 12.1. The Morgan fingerprint density at radius 2 is 1.84 bits per heavy atom. The molecule has 25 heavy (non-hydrogen) atoms. The number of thiocarbonyl (C=S) groups is 1. The van der Waals surface area contributed by atoms with Crippen LogP contribution in [0.15, 0.2) is 60.9 Å². The molecular formula is C19H18N4OS. The van der Waals surface area contributed by atoms with Crippen LogP contribution < -0.4 is 10.6 Å². The van der Waals surface area contributed by atoms with E-state index >= 15 is 0 Å². The number of carbonyl (C=O) groups is 1. The molecule has 0 fully saturated rings. The van der Waals surface area contributed by atoms with Crippen molar-refractivity contribution in [2.75, 3.05) is 5.32 Å². The van der Waals surface area contributed by atoms with Gasteiger partial charge in [0.2, 0.25) is 0 Å². The van der Waals surface area contributed by atoms with E-state index in [0.717, 1.165) is 22.8 Å². The second kappa shape index (κ2) is 7.27. The fraction of sp³-hybridized carbons (Fsp3) is 0.105. The molecule has 126 valence electrons. The molecule has 1 amide bonds. The number of anilines is 1. The highest BCUT2D eigenvalue weighted by molar-refractivity contribution is 7.80. The van der Waals surface area contributed by atoms with E-state index in [1.165, 1.54) is 0 Å². The van der Waals surface area contributed by atoms with Gasteiger partial charge in [-0.3, -0.25) is 10.1 Å². The third-order valence-electron chi connectivity index (χ3n) is 3.90. The SMILES string of the molecule is Cc1ncn(-c2cccc(NC(=S)NC(=O)c3ccccc3)c2)c1C. The molecule has 2 aromatic carbocycles. The van der Waals surface area contributed by atoms with Crippen LogP contribution in [-0.4, -0.2) is 20.6 Å². The van der Waals surface area contributed by atoms with Gasteiger partial charge in [-0.25, -0.2) is 4.98 Å². The quantitative estimate of drug-likeness (QED) is 0.709. The number of rotatable bonds is 3. The minimum absolute atomic E-state index is 0.240. The van der Waals surface area contributed by atoms with Crippen LogP contribution in [-0.2, 0) is 0 Å². The second-order valence-corrected chi connectivity index (χ2v) is 6.02. The number of amides is 1. The van der Waals surface area contributed by atoms with E-state index in [4.69, 9.17) is 12.2 Å². The average molecular weight is 350 g/mol. The lowest BCUT2D eigenvalue weighted by atomic mass is 10.2. The van der Waals surface area contributed by atoms with Crippen LogP contribution in [0.5, 0.6) is 0 Å². The number of aryl methyl sites for hydroxylation is 1. The summed E-state index contributed by atoms with van der Waals surface area (Å²) >= 11 is 5.24. The highest BCUT2D eigenvalue weighted by atomic mass is 32.1. The molecule has 0 aliphatic heterocycles. The van der Waals surface area contributed by atoms with Crippen molar-refractivity contribution in [3.63, 3.8) is 0 Å². The molecule has 0 aliphatic carbocycles. The number of benzene rings is 2. The van der Waals surface area contributed by atoms with E-state index in [1.807, 2.05) is 60.9 Å². The van der Waals surface area contributed by atoms with Gasteiger partial charge in [-0.15, -0.1) is 0 Å². The van der Waals surface area contributed by atoms with Crippen LogP contribution >= 0.6 is 12.2 Å². The fourth-order valence-corrected chi connectivity index (χ4v) is 2.63. The minimum Gasteiger partial charge on any atom is -0.332 e. The van der Waals surface area contributed by atoms with Crippen molar-refractivity contribution < 1.29 is 4.79 Å². The largest absolute Gasteiger partial charge is 0.332 e. The maximum Gasteiger partial charge on any atom is 0.257 e. The smallest absolute Gasteiger partial charge is 0.257 e. The van der Waals surface area contributed by atoms with E-state index < -0.39 is 0 Å². The number of imidazole rings is 1. The number of nitrogens with one attached hydrogen (secondary N) is 2. The number of hydrogen-bond donors (Lipinski definition) is 2. The zero-order chi connectivity index (χ0) is 17.8. The summed E-state index contributed by atoms with van der Waals surface area (Å²) < 4.78 is 2.01. The highest BCUT2D eigenvalue weighted by Gasteiger charge is 2.08. The second-order valence-electron chi connectivity index (χ2n) is 5.61. The predicted octanol–water partition coefficient (Wildman–Crippen LogP) is 3.62. The summed E-state index contributed by atoms with van der Waals surface area (Å²) in [6.07, 6.45) is 1.79. The zero-order valence-electron chi connectivity index (χ0n) is 14.0. The molecule has 1 aromatic heterocycles. The molecule has 0 saturated heterocycles. The molecular weight excluding hydrogens is 332 g/mol. The summed E-state index contributed by atoms with van der Waals surface area (Å²) in [6.45, 7) is 4.00. The third kappa shape index (κ3) is 3.92. The Hall–Kier alpha value is -2.99. The summed E-state index contributed by atoms with van der Waals surface area (Å²) in [7, 11) is 0. The summed E-state index contributed by atoms with van der Waals surface area (Å²) in [5, 5.41) is 5.98. The lowest BCUT2D eigenvalue weighted by molar-refractivity contribution is 0.0977. The van der Waals surface area contributed by atoms with Crippen LogP contribution in [0.25, 0.3) is 5.69 Å². The van der Waals surface area contributed by atoms with Crippen molar-refractivity contribution in [1.29, 1.82) is 0 Å². The topological polar surface area (TPSA) is 59.0 Å². The van der Waals surface area contributed by atoms with Gasteiger partial charge in [0.1, 0.15) is 0 Å². The van der Waals surface area contributed by atoms with Crippen molar-refractivity contribution in [1.82, 2.24) is 14.9 Å². The molecule has 3 aromatic rings. The molecule has 0 bridgehead atoms. The Morgan fingerprint density at radius 1 is 1.08 bits per heavy atom. The molecule has 5 nitrogen and oxygen atoms in total. The van der Waals surface area contributed by atoms with Crippen molar-refractivity contribution in [3.8, 4) is 5.69 Å². The first-order valence-corrected chi connectivity index (χ1v) is 8.24. The summed E-state index contributed by atoms with van der Waals surface area (Å²) in [6, 6.07) is 16.7. The summed E-state index contributed by atoms with van der Waals surface area (Å²) in [4.78, 5) is 16.4. The lowest BCUT2D eigenvalue weighted by Gasteiger charge is -2.12. The minimum atomic E-state index is -0.240. The van der Waals surface area contributed by atoms with Gasteiger partial charge in [0, 0.05) is 22.6 Å². The highest BCUT2D eigenvalue weighted by Crippen LogP contribution is 2.17. The molecule has 2 N–H and O–H groups in total. The monoisotopic (exact) mass is 350 g/mol. The molecule has 6 heteroatoms. The molecule has 0 unspecified atom stereocenters. The van der Waals surface area contributed by atoms with Gasteiger partial charge >= 0.3 is 0 Å². The van der Waals surface area contributed by atoms with Gasteiger partial charge in [-0.1, -0.05) is 24.3 Å². The Morgan fingerprint density at radius 3 is 2.52 bits per heavy atom. The van der Waals surface area contributed by atoms with Gasteiger partial charge in [0.25, 0.3) is 5.91 Å². The predicted molar refractivity (Wildman–Crippen MR) is 103 cm³/mol. The average Bonchev–Trinajstić information content (AvgIpc) is 2.95. The lowest BCUT2D eigenvalue weighted by Crippen LogP contribution is -2.34. The normalized spacial score (nSPS) is 10.3. The third-order valence-corrected chi connectivity index (χ3v) is 4.10. The Labute approximate surface area is 151 Å². The van der Waals surface area contributed by atoms with Gasteiger partial charge in [-0.05, 0) is 56.4 Å². The summed E-state index contributed by atoms with van der Waals surface area (Å²) in [5.41, 5.74) is 4.40. The van der Waals surface area contributed by atoms with Crippen LogP contribution in [0.1, 0.15) is 21.7 Å². The maximum absolute atomic E-state index is 12.1. The van der Waals surface area contributed by atoms with Gasteiger partial charge in [-0.2, -0.15) is 0 Å². The first-order valence-electron chi connectivity index (χ1n) is 7.83. The number of aromatic nitrogens is 2. The zero-order valence-corrected chi connectivity index (χ0v) is 14.8. The molecule has 0 spiro atoms. The van der Waals surface area contributed by atoms with Crippen LogP contribution in [0.3, 0.4) is 0 Å². The first-order chi connectivity index (χ1) is 12.0. The first kappa shape index (κ1) is 16.9. The molecule has 3 rings (SSSR count). The Balaban J connectivity index is 1.71. The van der Waals surface area contributed by atoms with E-state index in [9.17, 15) is 4.79 Å². The van der Waals surface area contributed by atoms with Gasteiger partial charge < -0.3 is 9.88 Å². The van der Waals surface area contributed by atoms with E-state index in [-0.39, 0.29) is 11.0 Å². The molecule has 0 saturated carbocycles. The van der Waals surface area contributed by atoms with Crippen molar-refractivity contribution >= 4 is 28.9 Å². The van der Waals surface area contributed by atoms with Crippen molar-refractivity contribution in [3.05, 3.63) is 77.9 Å². The standard InChI is InChI=1S/C19H18N4OS/c1-13-14(2)23(12-20-13)17-10-6-9-16(11-17)21-19(25)22-18(24)15-7-4-3-5-8-15/h3-12H,1-2H3,(H2,21,22,24,25). The van der Waals surface area contributed by atoms with E-state index in [2.05, 4.69) is 15.6 Å². The van der Waals surface area contributed by atoms with E-state index in [0.29, 0.717) is 5.56 Å². The van der Waals surface area contributed by atoms with Crippen LogP contribution in [0.2, 0.25) is 0 Å². The number of hydrogen-bond acceptors (Lipinski definition) is 3. The van der Waals surface area contributed by atoms with Gasteiger partial charge in [0.15, 0.2) is 5.11 Å².